The van der Waals surface area contributed by atoms with Crippen molar-refractivity contribution in [3.8, 4) is 0 Å². The Morgan fingerprint density at radius 3 is 2.64 bits per heavy atom. The molecule has 1 unspecified atom stereocenters. The van der Waals surface area contributed by atoms with Crippen LogP contribution in [0.15, 0.2) is 0 Å². The van der Waals surface area contributed by atoms with Gasteiger partial charge in [-0.1, -0.05) is 6.92 Å². The molecule has 0 aromatic rings. The Hall–Kier alpha value is -0.610. The first-order valence-electron chi connectivity index (χ1n) is 5.14. The van der Waals surface area contributed by atoms with E-state index in [2.05, 4.69) is 5.32 Å². The van der Waals surface area contributed by atoms with Crippen LogP contribution < -0.4 is 5.32 Å². The zero-order valence-corrected chi connectivity index (χ0v) is 9.25. The molecule has 0 aliphatic heterocycles. The molecule has 4 nitrogen and oxygen atoms in total. The van der Waals surface area contributed by atoms with Gasteiger partial charge in [-0.2, -0.15) is 0 Å². The first-order valence-corrected chi connectivity index (χ1v) is 5.14. The topological polar surface area (TPSA) is 58.6 Å². The molecule has 4 heteroatoms. The standard InChI is InChI=1S/C10H21NO3/c1-4-9(12)5-6-11-7-10(13)14-8(2)3/h8-9,11-12H,4-7H2,1-3H3. The summed E-state index contributed by atoms with van der Waals surface area (Å²) in [6.45, 7) is 6.42. The quantitative estimate of drug-likeness (QED) is 0.472. The van der Waals surface area contributed by atoms with Crippen LogP contribution in [0.3, 0.4) is 0 Å². The lowest BCUT2D eigenvalue weighted by molar-refractivity contribution is -0.146. The monoisotopic (exact) mass is 203 g/mol. The van der Waals surface area contributed by atoms with Gasteiger partial charge in [0.25, 0.3) is 0 Å². The molecule has 0 radical (unpaired) electrons. The number of hydrogen-bond acceptors (Lipinski definition) is 4. The van der Waals surface area contributed by atoms with E-state index in [0.717, 1.165) is 6.42 Å². The predicted molar refractivity (Wildman–Crippen MR) is 55.0 cm³/mol. The summed E-state index contributed by atoms with van der Waals surface area (Å²) in [5.41, 5.74) is 0. The van der Waals surface area contributed by atoms with Gasteiger partial charge >= 0.3 is 5.97 Å². The Balaban J connectivity index is 3.31. The van der Waals surface area contributed by atoms with Crippen LogP contribution in [0.4, 0.5) is 0 Å². The van der Waals surface area contributed by atoms with Gasteiger partial charge < -0.3 is 15.2 Å². The van der Waals surface area contributed by atoms with Gasteiger partial charge in [-0.15, -0.1) is 0 Å². The fraction of sp³-hybridized carbons (Fsp3) is 0.900. The van der Waals surface area contributed by atoms with Gasteiger partial charge in [0.15, 0.2) is 0 Å². The summed E-state index contributed by atoms with van der Waals surface area (Å²) in [5.74, 6) is -0.244. The molecule has 0 spiro atoms. The number of ether oxygens (including phenoxy) is 1. The Morgan fingerprint density at radius 2 is 2.14 bits per heavy atom. The minimum atomic E-state index is -0.274. The summed E-state index contributed by atoms with van der Waals surface area (Å²) < 4.78 is 4.92. The van der Waals surface area contributed by atoms with E-state index in [1.807, 2.05) is 20.8 Å². The predicted octanol–water partition coefficient (Wildman–Crippen LogP) is 0.689. The van der Waals surface area contributed by atoms with E-state index in [1.165, 1.54) is 0 Å². The molecule has 0 amide bonds. The molecule has 2 N–H and O–H groups in total. The molecule has 0 saturated heterocycles. The van der Waals surface area contributed by atoms with Crippen LogP contribution in [0.1, 0.15) is 33.6 Å². The number of hydrogen-bond donors (Lipinski definition) is 2. The number of carbonyl (C=O) groups is 1. The number of rotatable bonds is 7. The zero-order chi connectivity index (χ0) is 11.0. The molecule has 1 atom stereocenters. The van der Waals surface area contributed by atoms with Crippen molar-refractivity contribution in [2.24, 2.45) is 0 Å². The Labute approximate surface area is 85.6 Å². The van der Waals surface area contributed by atoms with Gasteiger partial charge in [0.1, 0.15) is 0 Å². The lowest BCUT2D eigenvalue weighted by Gasteiger charge is -2.10. The SMILES string of the molecule is CCC(O)CCNCC(=O)OC(C)C. The van der Waals surface area contributed by atoms with Crippen LogP contribution in [-0.4, -0.2) is 36.4 Å². The van der Waals surface area contributed by atoms with Crippen LogP contribution in [0.2, 0.25) is 0 Å². The summed E-state index contributed by atoms with van der Waals surface area (Å²) in [4.78, 5) is 11.0. The van der Waals surface area contributed by atoms with E-state index in [1.54, 1.807) is 0 Å². The first-order chi connectivity index (χ1) is 6.56. The summed E-state index contributed by atoms with van der Waals surface area (Å²) in [6.07, 6.45) is 1.08. The molecule has 0 heterocycles. The lowest BCUT2D eigenvalue weighted by Crippen LogP contribution is -2.28. The largest absolute Gasteiger partial charge is 0.462 e. The molecule has 0 aromatic carbocycles. The molecule has 0 aromatic heterocycles. The highest BCUT2D eigenvalue weighted by molar-refractivity contribution is 5.71. The molecule has 84 valence electrons. The normalized spacial score (nSPS) is 12.9. The molecule has 0 saturated carbocycles. The highest BCUT2D eigenvalue weighted by Gasteiger charge is 2.05. The fourth-order valence-electron chi connectivity index (χ4n) is 0.968. The van der Waals surface area contributed by atoms with E-state index in [0.29, 0.717) is 13.0 Å². The molecule has 0 rings (SSSR count). The van der Waals surface area contributed by atoms with Crippen LogP contribution in [0, 0.1) is 0 Å². The molecule has 0 bridgehead atoms. The van der Waals surface area contributed by atoms with Crippen molar-refractivity contribution >= 4 is 5.97 Å². The third-order valence-electron chi connectivity index (χ3n) is 1.76. The molecule has 0 fully saturated rings. The number of carbonyl (C=O) groups excluding carboxylic acids is 1. The highest BCUT2D eigenvalue weighted by Crippen LogP contribution is 1.94. The minimum Gasteiger partial charge on any atom is -0.462 e. The van der Waals surface area contributed by atoms with E-state index < -0.39 is 0 Å². The summed E-state index contributed by atoms with van der Waals surface area (Å²) in [5, 5.41) is 12.1. The van der Waals surface area contributed by atoms with Crippen LogP contribution in [0.5, 0.6) is 0 Å². The second-order valence-corrected chi connectivity index (χ2v) is 3.57. The van der Waals surface area contributed by atoms with E-state index in [9.17, 15) is 9.90 Å². The minimum absolute atomic E-state index is 0.0643. The van der Waals surface area contributed by atoms with Crippen molar-refractivity contribution in [3.63, 3.8) is 0 Å². The number of esters is 1. The Morgan fingerprint density at radius 1 is 1.50 bits per heavy atom. The van der Waals surface area contributed by atoms with Crippen LogP contribution in [-0.2, 0) is 9.53 Å². The van der Waals surface area contributed by atoms with Crippen molar-refractivity contribution < 1.29 is 14.6 Å². The van der Waals surface area contributed by atoms with Gasteiger partial charge in [0.2, 0.25) is 0 Å². The number of aliphatic hydroxyl groups is 1. The highest BCUT2D eigenvalue weighted by atomic mass is 16.5. The maximum absolute atomic E-state index is 11.0. The maximum Gasteiger partial charge on any atom is 0.320 e. The fourth-order valence-corrected chi connectivity index (χ4v) is 0.968. The van der Waals surface area contributed by atoms with Gasteiger partial charge in [0, 0.05) is 0 Å². The molecule has 0 aliphatic carbocycles. The van der Waals surface area contributed by atoms with E-state index in [-0.39, 0.29) is 24.7 Å². The summed E-state index contributed by atoms with van der Waals surface area (Å²) in [6, 6.07) is 0. The Kier molecular flexibility index (Phi) is 7.42. The zero-order valence-electron chi connectivity index (χ0n) is 9.25. The summed E-state index contributed by atoms with van der Waals surface area (Å²) in [7, 11) is 0. The molecule has 0 aliphatic rings. The Bertz CT molecular complexity index is 159. The van der Waals surface area contributed by atoms with Crippen LogP contribution in [0.25, 0.3) is 0 Å². The van der Waals surface area contributed by atoms with Gasteiger partial charge in [-0.3, -0.25) is 4.79 Å². The van der Waals surface area contributed by atoms with E-state index in [4.69, 9.17) is 4.74 Å². The summed E-state index contributed by atoms with van der Waals surface area (Å²) >= 11 is 0. The molecular weight excluding hydrogens is 182 g/mol. The average Bonchev–Trinajstić information content (AvgIpc) is 2.10. The second kappa shape index (κ2) is 7.76. The smallest absolute Gasteiger partial charge is 0.320 e. The van der Waals surface area contributed by atoms with Crippen molar-refractivity contribution in [1.82, 2.24) is 5.32 Å². The number of nitrogens with one attached hydrogen (secondary N) is 1. The third-order valence-corrected chi connectivity index (χ3v) is 1.76. The van der Waals surface area contributed by atoms with Crippen LogP contribution >= 0.6 is 0 Å². The van der Waals surface area contributed by atoms with Crippen molar-refractivity contribution in [2.75, 3.05) is 13.1 Å². The van der Waals surface area contributed by atoms with Crippen molar-refractivity contribution in [2.45, 2.75) is 45.8 Å². The maximum atomic E-state index is 11.0. The number of aliphatic hydroxyl groups excluding tert-OH is 1. The lowest BCUT2D eigenvalue weighted by atomic mass is 10.2. The van der Waals surface area contributed by atoms with Gasteiger partial charge in [-0.25, -0.2) is 0 Å². The van der Waals surface area contributed by atoms with Gasteiger partial charge in [-0.05, 0) is 33.2 Å². The van der Waals surface area contributed by atoms with Gasteiger partial charge in [0.05, 0.1) is 18.8 Å². The van der Waals surface area contributed by atoms with Crippen molar-refractivity contribution in [3.05, 3.63) is 0 Å². The molecule has 14 heavy (non-hydrogen) atoms. The second-order valence-electron chi connectivity index (χ2n) is 3.57. The molecular formula is C10H21NO3. The average molecular weight is 203 g/mol. The van der Waals surface area contributed by atoms with Crippen molar-refractivity contribution in [1.29, 1.82) is 0 Å². The first kappa shape index (κ1) is 13.4. The van der Waals surface area contributed by atoms with E-state index >= 15 is 0 Å². The third kappa shape index (κ3) is 8.01.